The van der Waals surface area contributed by atoms with Crippen molar-refractivity contribution >= 4 is 9.84 Å². The maximum Gasteiger partial charge on any atom is 0.152 e. The van der Waals surface area contributed by atoms with Crippen molar-refractivity contribution in [2.45, 2.75) is 17.2 Å². The van der Waals surface area contributed by atoms with Crippen molar-refractivity contribution in [3.05, 3.63) is 35.6 Å². The van der Waals surface area contributed by atoms with Crippen molar-refractivity contribution < 1.29 is 12.8 Å². The molecule has 1 aromatic carbocycles. The highest BCUT2D eigenvalue weighted by Crippen LogP contribution is 2.44. The van der Waals surface area contributed by atoms with Crippen LogP contribution in [0.5, 0.6) is 0 Å². The van der Waals surface area contributed by atoms with E-state index >= 15 is 0 Å². The second-order valence-corrected chi connectivity index (χ2v) is 6.15. The summed E-state index contributed by atoms with van der Waals surface area (Å²) in [7, 11) is -3.11. The molecule has 0 radical (unpaired) electrons. The fraction of sp³-hybridized carbons (Fsp3) is 0.400. The highest BCUT2D eigenvalue weighted by Gasteiger charge is 2.54. The maximum atomic E-state index is 12.6. The average Bonchev–Trinajstić information content (AvgIpc) is 2.78. The molecule has 0 amide bonds. The molecule has 15 heavy (non-hydrogen) atoms. The summed E-state index contributed by atoms with van der Waals surface area (Å²) in [5.41, 5.74) is 6.49. The first-order chi connectivity index (χ1) is 6.91. The molecule has 0 bridgehead atoms. The van der Waals surface area contributed by atoms with Gasteiger partial charge in [-0.25, -0.2) is 12.8 Å². The topological polar surface area (TPSA) is 60.2 Å². The second-order valence-electron chi connectivity index (χ2n) is 3.95. The van der Waals surface area contributed by atoms with Crippen molar-refractivity contribution in [2.24, 2.45) is 5.73 Å². The largest absolute Gasteiger partial charge is 0.326 e. The predicted molar refractivity (Wildman–Crippen MR) is 55.7 cm³/mol. The first kappa shape index (κ1) is 10.6. The molecule has 2 N–H and O–H groups in total. The van der Waals surface area contributed by atoms with Crippen LogP contribution in [0.2, 0.25) is 0 Å². The third kappa shape index (κ3) is 1.89. The Kier molecular flexibility index (Phi) is 2.31. The van der Waals surface area contributed by atoms with Gasteiger partial charge < -0.3 is 5.73 Å². The van der Waals surface area contributed by atoms with E-state index in [1.54, 1.807) is 12.1 Å². The van der Waals surface area contributed by atoms with Crippen LogP contribution in [0, 0.1) is 5.82 Å². The molecule has 1 aromatic rings. The average molecular weight is 229 g/mol. The van der Waals surface area contributed by atoms with Gasteiger partial charge in [0.2, 0.25) is 0 Å². The van der Waals surface area contributed by atoms with E-state index in [1.807, 2.05) is 0 Å². The summed E-state index contributed by atoms with van der Waals surface area (Å²) in [5.74, 6) is -0.510. The Bertz CT molecular complexity index is 469. The van der Waals surface area contributed by atoms with Gasteiger partial charge in [0.25, 0.3) is 0 Å². The number of halogens is 1. The molecule has 0 aromatic heterocycles. The molecule has 0 heterocycles. The van der Waals surface area contributed by atoms with E-state index in [0.717, 1.165) is 5.56 Å². The fourth-order valence-corrected chi connectivity index (χ4v) is 3.47. The number of nitrogens with two attached hydrogens (primary N) is 1. The molecule has 0 saturated heterocycles. The van der Waals surface area contributed by atoms with Crippen LogP contribution in [0.1, 0.15) is 11.5 Å². The molecule has 2 rings (SSSR count). The lowest BCUT2D eigenvalue weighted by Crippen LogP contribution is -2.13. The molecule has 0 spiro atoms. The van der Waals surface area contributed by atoms with E-state index in [4.69, 9.17) is 5.73 Å². The Morgan fingerprint density at radius 2 is 1.80 bits per heavy atom. The van der Waals surface area contributed by atoms with E-state index in [-0.39, 0.29) is 17.8 Å². The molecule has 0 unspecified atom stereocenters. The molecule has 3 atom stereocenters. The first-order valence-electron chi connectivity index (χ1n) is 4.61. The summed E-state index contributed by atoms with van der Waals surface area (Å²) in [4.78, 5) is 0. The van der Waals surface area contributed by atoms with Crippen LogP contribution >= 0.6 is 0 Å². The molecule has 1 saturated carbocycles. The van der Waals surface area contributed by atoms with E-state index in [0.29, 0.717) is 0 Å². The van der Waals surface area contributed by atoms with Gasteiger partial charge >= 0.3 is 0 Å². The van der Waals surface area contributed by atoms with Gasteiger partial charge in [0.15, 0.2) is 9.84 Å². The summed E-state index contributed by atoms with van der Waals surface area (Å²) in [5, 5.41) is -0.511. The van der Waals surface area contributed by atoms with Crippen molar-refractivity contribution in [3.63, 3.8) is 0 Å². The smallest absolute Gasteiger partial charge is 0.152 e. The third-order valence-electron chi connectivity index (χ3n) is 2.76. The zero-order chi connectivity index (χ0) is 11.2. The summed E-state index contributed by atoms with van der Waals surface area (Å²) in [6, 6.07) is 5.46. The minimum Gasteiger partial charge on any atom is -0.326 e. The Morgan fingerprint density at radius 3 is 2.20 bits per heavy atom. The Hall–Kier alpha value is -0.940. The van der Waals surface area contributed by atoms with Crippen LogP contribution in [0.25, 0.3) is 0 Å². The van der Waals surface area contributed by atoms with Crippen LogP contribution in [-0.2, 0) is 9.84 Å². The highest BCUT2D eigenvalue weighted by molar-refractivity contribution is 7.91. The standard InChI is InChI=1S/C10H12FNO2S/c1-15(13,14)10-8(9(10)12)6-2-4-7(11)5-3-6/h2-5,8-10H,12H2,1H3/t8-,9+,10-/m0/s1. The minimum atomic E-state index is -3.11. The molecule has 82 valence electrons. The Labute approximate surface area is 88.0 Å². The van der Waals surface area contributed by atoms with Crippen molar-refractivity contribution in [1.82, 2.24) is 0 Å². The fourth-order valence-electron chi connectivity index (χ4n) is 1.95. The number of benzene rings is 1. The predicted octanol–water partition coefficient (Wildman–Crippen LogP) is 0.663. The van der Waals surface area contributed by atoms with Crippen LogP contribution in [0.15, 0.2) is 24.3 Å². The summed E-state index contributed by atoms with van der Waals surface area (Å²) in [6.45, 7) is 0. The quantitative estimate of drug-likeness (QED) is 0.810. The Balaban J connectivity index is 2.26. The van der Waals surface area contributed by atoms with Crippen molar-refractivity contribution in [1.29, 1.82) is 0 Å². The molecular weight excluding hydrogens is 217 g/mol. The van der Waals surface area contributed by atoms with Crippen LogP contribution in [0.3, 0.4) is 0 Å². The Morgan fingerprint density at radius 1 is 1.27 bits per heavy atom. The third-order valence-corrected chi connectivity index (χ3v) is 4.35. The number of hydrogen-bond acceptors (Lipinski definition) is 3. The van der Waals surface area contributed by atoms with Gasteiger partial charge in [0.1, 0.15) is 5.82 Å². The first-order valence-corrected chi connectivity index (χ1v) is 6.56. The lowest BCUT2D eigenvalue weighted by atomic mass is 10.1. The summed E-state index contributed by atoms with van der Waals surface area (Å²) < 4.78 is 35.3. The maximum absolute atomic E-state index is 12.6. The molecule has 1 fully saturated rings. The van der Waals surface area contributed by atoms with E-state index in [1.165, 1.54) is 18.4 Å². The molecular formula is C10H12FNO2S. The zero-order valence-electron chi connectivity index (χ0n) is 8.22. The molecule has 1 aliphatic rings. The van der Waals surface area contributed by atoms with Gasteiger partial charge in [0.05, 0.1) is 5.25 Å². The van der Waals surface area contributed by atoms with E-state index in [9.17, 15) is 12.8 Å². The minimum absolute atomic E-state index is 0.180. The van der Waals surface area contributed by atoms with Gasteiger partial charge in [-0.1, -0.05) is 12.1 Å². The monoisotopic (exact) mass is 229 g/mol. The van der Waals surface area contributed by atoms with Gasteiger partial charge in [0, 0.05) is 18.2 Å². The van der Waals surface area contributed by atoms with Gasteiger partial charge in [-0.05, 0) is 17.7 Å². The summed E-state index contributed by atoms with van der Waals surface area (Å²) >= 11 is 0. The van der Waals surface area contributed by atoms with Gasteiger partial charge in [-0.2, -0.15) is 0 Å². The molecule has 0 aliphatic heterocycles. The number of hydrogen-bond donors (Lipinski definition) is 1. The lowest BCUT2D eigenvalue weighted by molar-refractivity contribution is 0.599. The van der Waals surface area contributed by atoms with Crippen molar-refractivity contribution in [3.8, 4) is 0 Å². The van der Waals surface area contributed by atoms with E-state index < -0.39 is 15.1 Å². The van der Waals surface area contributed by atoms with Crippen LogP contribution < -0.4 is 5.73 Å². The lowest BCUT2D eigenvalue weighted by Gasteiger charge is -1.98. The van der Waals surface area contributed by atoms with Gasteiger partial charge in [-0.15, -0.1) is 0 Å². The number of sulfone groups is 1. The van der Waals surface area contributed by atoms with Crippen LogP contribution in [0.4, 0.5) is 4.39 Å². The zero-order valence-corrected chi connectivity index (χ0v) is 9.04. The second kappa shape index (κ2) is 3.28. The van der Waals surface area contributed by atoms with Gasteiger partial charge in [-0.3, -0.25) is 0 Å². The highest BCUT2D eigenvalue weighted by atomic mass is 32.2. The van der Waals surface area contributed by atoms with E-state index in [2.05, 4.69) is 0 Å². The molecule has 5 heteroatoms. The molecule has 1 aliphatic carbocycles. The SMILES string of the molecule is CS(=O)(=O)[C@@H]1[C@H](N)[C@@H]1c1ccc(F)cc1. The summed E-state index contributed by atoms with van der Waals surface area (Å²) in [6.07, 6.45) is 1.18. The molecule has 3 nitrogen and oxygen atoms in total. The van der Waals surface area contributed by atoms with Crippen LogP contribution in [-0.4, -0.2) is 26.0 Å². The number of rotatable bonds is 2. The van der Waals surface area contributed by atoms with Crippen molar-refractivity contribution in [2.75, 3.05) is 6.26 Å². The normalized spacial score (nSPS) is 30.2.